The lowest BCUT2D eigenvalue weighted by Gasteiger charge is -2.24. The molecule has 29 heavy (non-hydrogen) atoms. The molecule has 1 unspecified atom stereocenters. The van der Waals surface area contributed by atoms with Gasteiger partial charge >= 0.3 is 0 Å². The first kappa shape index (κ1) is 18.8. The SMILES string of the molecule is O=C1C(=O)N(c2ccc(F)c(Cl)c2)C(c2ccccn2)/C1=C(\O)c1ccncc1. The van der Waals surface area contributed by atoms with Crippen LogP contribution in [0.3, 0.4) is 0 Å². The van der Waals surface area contributed by atoms with Gasteiger partial charge in [-0.05, 0) is 42.5 Å². The quantitative estimate of drug-likeness (QED) is 0.403. The van der Waals surface area contributed by atoms with Crippen molar-refractivity contribution in [1.29, 1.82) is 0 Å². The third-order valence-electron chi connectivity index (χ3n) is 4.55. The number of hydrogen-bond donors (Lipinski definition) is 1. The Morgan fingerprint density at radius 1 is 1.07 bits per heavy atom. The van der Waals surface area contributed by atoms with E-state index in [0.717, 1.165) is 11.0 Å². The summed E-state index contributed by atoms with van der Waals surface area (Å²) in [5.41, 5.74) is 0.780. The molecule has 0 spiro atoms. The van der Waals surface area contributed by atoms with Gasteiger partial charge in [0.05, 0.1) is 16.3 Å². The molecule has 1 aliphatic rings. The Labute approximate surface area is 169 Å². The number of nitrogens with zero attached hydrogens (tertiary/aromatic N) is 3. The number of Topliss-reactive ketones (excluding diaryl/α,β-unsaturated/α-hetero) is 1. The molecule has 3 heterocycles. The highest BCUT2D eigenvalue weighted by molar-refractivity contribution is 6.51. The zero-order valence-electron chi connectivity index (χ0n) is 14.8. The Kier molecular flexibility index (Phi) is 4.82. The van der Waals surface area contributed by atoms with Gasteiger partial charge in [-0.25, -0.2) is 4.39 Å². The van der Waals surface area contributed by atoms with E-state index in [4.69, 9.17) is 11.6 Å². The van der Waals surface area contributed by atoms with Crippen molar-refractivity contribution >= 4 is 34.7 Å². The topological polar surface area (TPSA) is 83.4 Å². The van der Waals surface area contributed by atoms with E-state index in [1.807, 2.05) is 0 Å². The number of carbonyl (C=O) groups is 2. The van der Waals surface area contributed by atoms with Crippen LogP contribution >= 0.6 is 11.6 Å². The summed E-state index contributed by atoms with van der Waals surface area (Å²) in [5, 5.41) is 10.6. The third-order valence-corrected chi connectivity index (χ3v) is 4.84. The van der Waals surface area contributed by atoms with Crippen molar-refractivity contribution in [1.82, 2.24) is 9.97 Å². The van der Waals surface area contributed by atoms with Crippen LogP contribution in [0.2, 0.25) is 5.02 Å². The fraction of sp³-hybridized carbons (Fsp3) is 0.0476. The average molecular weight is 410 g/mol. The molecule has 1 saturated heterocycles. The van der Waals surface area contributed by atoms with Gasteiger partial charge in [0.2, 0.25) is 0 Å². The number of benzene rings is 1. The van der Waals surface area contributed by atoms with E-state index in [0.29, 0.717) is 11.3 Å². The first-order valence-corrected chi connectivity index (χ1v) is 8.94. The van der Waals surface area contributed by atoms with E-state index in [2.05, 4.69) is 9.97 Å². The molecule has 6 nitrogen and oxygen atoms in total. The van der Waals surface area contributed by atoms with Crippen molar-refractivity contribution in [2.45, 2.75) is 6.04 Å². The first-order chi connectivity index (χ1) is 14.0. The summed E-state index contributed by atoms with van der Waals surface area (Å²) in [7, 11) is 0. The second-order valence-corrected chi connectivity index (χ2v) is 6.67. The van der Waals surface area contributed by atoms with Gasteiger partial charge in [-0.3, -0.25) is 24.5 Å². The van der Waals surface area contributed by atoms with Crippen LogP contribution < -0.4 is 4.90 Å². The average Bonchev–Trinajstić information content (AvgIpc) is 3.02. The molecule has 0 saturated carbocycles. The second-order valence-electron chi connectivity index (χ2n) is 6.26. The molecule has 3 aromatic rings. The van der Waals surface area contributed by atoms with E-state index in [1.165, 1.54) is 42.9 Å². The van der Waals surface area contributed by atoms with E-state index < -0.39 is 23.5 Å². The summed E-state index contributed by atoms with van der Waals surface area (Å²) in [5.74, 6) is -2.76. The predicted molar refractivity (Wildman–Crippen MR) is 105 cm³/mol. The molecule has 1 fully saturated rings. The minimum absolute atomic E-state index is 0.125. The molecule has 1 aromatic carbocycles. The highest BCUT2D eigenvalue weighted by Gasteiger charge is 2.47. The molecular formula is C21H13ClFN3O3. The van der Waals surface area contributed by atoms with Crippen LogP contribution in [0.5, 0.6) is 0 Å². The first-order valence-electron chi connectivity index (χ1n) is 8.56. The number of aliphatic hydroxyl groups excluding tert-OH is 1. The lowest BCUT2D eigenvalue weighted by atomic mass is 9.98. The molecule has 2 aromatic heterocycles. The lowest BCUT2D eigenvalue weighted by molar-refractivity contribution is -0.132. The second kappa shape index (κ2) is 7.44. The van der Waals surface area contributed by atoms with Crippen LogP contribution in [-0.4, -0.2) is 26.8 Å². The van der Waals surface area contributed by atoms with E-state index >= 15 is 0 Å². The predicted octanol–water partition coefficient (Wildman–Crippen LogP) is 3.90. The minimum atomic E-state index is -1.01. The number of pyridine rings is 2. The molecule has 144 valence electrons. The van der Waals surface area contributed by atoms with Crippen molar-refractivity contribution in [2.24, 2.45) is 0 Å². The summed E-state index contributed by atoms with van der Waals surface area (Å²) >= 11 is 5.88. The van der Waals surface area contributed by atoms with Crippen molar-refractivity contribution in [3.8, 4) is 0 Å². The molecular weight excluding hydrogens is 397 g/mol. The summed E-state index contributed by atoms with van der Waals surface area (Å²) in [4.78, 5) is 35.1. The number of anilines is 1. The normalized spacial score (nSPS) is 18.3. The number of aromatic nitrogens is 2. The van der Waals surface area contributed by atoms with Crippen molar-refractivity contribution < 1.29 is 19.1 Å². The monoisotopic (exact) mass is 409 g/mol. The molecule has 8 heteroatoms. The van der Waals surface area contributed by atoms with Crippen LogP contribution in [0, 0.1) is 5.82 Å². The maximum absolute atomic E-state index is 13.6. The molecule has 4 rings (SSSR count). The van der Waals surface area contributed by atoms with Gasteiger partial charge in [0, 0.05) is 29.8 Å². The molecule has 1 atom stereocenters. The van der Waals surface area contributed by atoms with E-state index in [-0.39, 0.29) is 22.0 Å². The number of carbonyl (C=O) groups excluding carboxylic acids is 2. The number of amides is 1. The van der Waals surface area contributed by atoms with E-state index in [9.17, 15) is 19.1 Å². The number of hydrogen-bond acceptors (Lipinski definition) is 5. The van der Waals surface area contributed by atoms with Gasteiger partial charge in [-0.15, -0.1) is 0 Å². The molecule has 0 aliphatic carbocycles. The highest BCUT2D eigenvalue weighted by Crippen LogP contribution is 2.42. The van der Waals surface area contributed by atoms with Crippen LogP contribution in [0.15, 0.2) is 72.7 Å². The Bertz CT molecular complexity index is 1140. The number of aliphatic hydroxyl groups is 1. The zero-order valence-corrected chi connectivity index (χ0v) is 15.5. The van der Waals surface area contributed by atoms with Gasteiger partial charge in [0.25, 0.3) is 11.7 Å². The molecule has 1 aliphatic heterocycles. The number of rotatable bonds is 3. The standard InChI is InChI=1S/C21H13ClFN3O3/c22-14-11-13(4-5-15(14)23)26-18(16-3-1-2-8-25-16)17(20(28)21(26)29)19(27)12-6-9-24-10-7-12/h1-11,18,27H/b19-17+. The summed E-state index contributed by atoms with van der Waals surface area (Å²) < 4.78 is 13.6. The molecule has 0 bridgehead atoms. The Balaban J connectivity index is 1.95. The smallest absolute Gasteiger partial charge is 0.300 e. The van der Waals surface area contributed by atoms with Gasteiger partial charge in [0.15, 0.2) is 0 Å². The third kappa shape index (κ3) is 3.25. The molecule has 0 radical (unpaired) electrons. The van der Waals surface area contributed by atoms with Crippen LogP contribution in [-0.2, 0) is 9.59 Å². The minimum Gasteiger partial charge on any atom is -0.507 e. The molecule has 1 N–H and O–H groups in total. The fourth-order valence-corrected chi connectivity index (χ4v) is 3.39. The highest BCUT2D eigenvalue weighted by atomic mass is 35.5. The number of ketones is 1. The Morgan fingerprint density at radius 3 is 2.48 bits per heavy atom. The van der Waals surface area contributed by atoms with Crippen LogP contribution in [0.25, 0.3) is 5.76 Å². The van der Waals surface area contributed by atoms with Crippen molar-refractivity contribution in [2.75, 3.05) is 4.90 Å². The maximum atomic E-state index is 13.6. The van der Waals surface area contributed by atoms with Crippen LogP contribution in [0.1, 0.15) is 17.3 Å². The van der Waals surface area contributed by atoms with Gasteiger partial charge in [-0.2, -0.15) is 0 Å². The summed E-state index contributed by atoms with van der Waals surface area (Å²) in [6, 6.07) is 10.8. The summed E-state index contributed by atoms with van der Waals surface area (Å²) in [6.07, 6.45) is 4.43. The zero-order chi connectivity index (χ0) is 20.5. The Hall–Kier alpha value is -3.58. The van der Waals surface area contributed by atoms with Crippen LogP contribution in [0.4, 0.5) is 10.1 Å². The lowest BCUT2D eigenvalue weighted by Crippen LogP contribution is -2.29. The van der Waals surface area contributed by atoms with Gasteiger partial charge in [0.1, 0.15) is 17.6 Å². The summed E-state index contributed by atoms with van der Waals surface area (Å²) in [6.45, 7) is 0. The Morgan fingerprint density at radius 2 is 1.83 bits per heavy atom. The molecule has 1 amide bonds. The van der Waals surface area contributed by atoms with Gasteiger partial charge < -0.3 is 5.11 Å². The van der Waals surface area contributed by atoms with Crippen molar-refractivity contribution in [3.05, 3.63) is 94.8 Å². The van der Waals surface area contributed by atoms with Gasteiger partial charge in [-0.1, -0.05) is 17.7 Å². The maximum Gasteiger partial charge on any atom is 0.300 e. The largest absolute Gasteiger partial charge is 0.507 e. The van der Waals surface area contributed by atoms with E-state index in [1.54, 1.807) is 18.2 Å². The fourth-order valence-electron chi connectivity index (χ4n) is 3.22. The number of halogens is 2. The van der Waals surface area contributed by atoms with Crippen molar-refractivity contribution in [3.63, 3.8) is 0 Å².